The minimum atomic E-state index is -1.19. The summed E-state index contributed by atoms with van der Waals surface area (Å²) in [6.45, 7) is 1.28. The lowest BCUT2D eigenvalue weighted by molar-refractivity contribution is -0.171. The Kier molecular flexibility index (Phi) is 4.70. The fourth-order valence-electron chi connectivity index (χ4n) is 1.47. The van der Waals surface area contributed by atoms with Gasteiger partial charge in [-0.15, -0.1) is 0 Å². The van der Waals surface area contributed by atoms with Crippen LogP contribution < -0.4 is 0 Å². The van der Waals surface area contributed by atoms with Crippen molar-refractivity contribution in [3.63, 3.8) is 0 Å². The number of carboxylic acids is 1. The maximum atomic E-state index is 10.9. The molecule has 20 heavy (non-hydrogen) atoms. The fraction of sp³-hybridized carbons (Fsp3) is 0.364. The lowest BCUT2D eigenvalue weighted by Gasteiger charge is -2.17. The Morgan fingerprint density at radius 3 is 1.75 bits per heavy atom. The van der Waals surface area contributed by atoms with Crippen LogP contribution in [0, 0.1) is 0 Å². The number of carbonyl (C=O) groups excluding carboxylic acids is 4. The quantitative estimate of drug-likeness (QED) is 0.486. The topological polar surface area (TPSA) is 132 Å². The molecule has 1 unspecified atom stereocenters. The molecule has 108 valence electrons. The SMILES string of the molecule is CC(C(=O)O)N1C(=O)C=CC1=O.O=C1CCC(=O)N1O. The van der Waals surface area contributed by atoms with Crippen LogP contribution in [0.5, 0.6) is 0 Å². The van der Waals surface area contributed by atoms with Gasteiger partial charge in [0.05, 0.1) is 0 Å². The highest BCUT2D eigenvalue weighted by Gasteiger charge is 2.32. The highest BCUT2D eigenvalue weighted by Crippen LogP contribution is 2.08. The Balaban J connectivity index is 0.000000217. The Hall–Kier alpha value is -2.55. The average molecular weight is 284 g/mol. The van der Waals surface area contributed by atoms with Gasteiger partial charge in [-0.3, -0.25) is 29.3 Å². The Morgan fingerprint density at radius 1 is 1.10 bits per heavy atom. The van der Waals surface area contributed by atoms with Gasteiger partial charge in [-0.2, -0.15) is 5.06 Å². The van der Waals surface area contributed by atoms with Crippen molar-refractivity contribution in [2.45, 2.75) is 25.8 Å². The molecule has 0 aliphatic carbocycles. The second kappa shape index (κ2) is 6.06. The molecule has 2 rings (SSSR count). The van der Waals surface area contributed by atoms with E-state index in [-0.39, 0.29) is 17.9 Å². The summed E-state index contributed by atoms with van der Waals surface area (Å²) in [6.07, 6.45) is 2.41. The van der Waals surface area contributed by atoms with Crippen LogP contribution in [0.15, 0.2) is 12.2 Å². The van der Waals surface area contributed by atoms with E-state index in [4.69, 9.17) is 10.3 Å². The van der Waals surface area contributed by atoms with Crippen molar-refractivity contribution in [1.82, 2.24) is 9.96 Å². The van der Waals surface area contributed by atoms with Crippen LogP contribution in [0.1, 0.15) is 19.8 Å². The number of hydroxylamine groups is 2. The molecule has 9 heteroatoms. The van der Waals surface area contributed by atoms with Crippen LogP contribution >= 0.6 is 0 Å². The predicted molar refractivity (Wildman–Crippen MR) is 61.0 cm³/mol. The lowest BCUT2D eigenvalue weighted by Crippen LogP contribution is -2.42. The number of rotatable bonds is 2. The molecule has 9 nitrogen and oxygen atoms in total. The van der Waals surface area contributed by atoms with Gasteiger partial charge in [0.1, 0.15) is 6.04 Å². The summed E-state index contributed by atoms with van der Waals surface area (Å²) in [7, 11) is 0. The second-order valence-corrected chi connectivity index (χ2v) is 3.99. The van der Waals surface area contributed by atoms with Crippen molar-refractivity contribution in [1.29, 1.82) is 0 Å². The van der Waals surface area contributed by atoms with Crippen LogP contribution in [0.3, 0.4) is 0 Å². The van der Waals surface area contributed by atoms with E-state index in [1.165, 1.54) is 6.92 Å². The molecule has 0 radical (unpaired) electrons. The maximum Gasteiger partial charge on any atom is 0.326 e. The molecule has 2 heterocycles. The molecular weight excluding hydrogens is 272 g/mol. The molecule has 2 aliphatic heterocycles. The first kappa shape index (κ1) is 15.5. The summed E-state index contributed by atoms with van der Waals surface area (Å²) in [4.78, 5) is 53.4. The number of carbonyl (C=O) groups is 5. The first-order chi connectivity index (χ1) is 9.25. The van der Waals surface area contributed by atoms with Crippen LogP contribution in [0.4, 0.5) is 0 Å². The number of hydrogen-bond acceptors (Lipinski definition) is 6. The van der Waals surface area contributed by atoms with Crippen LogP contribution in [-0.4, -0.2) is 55.9 Å². The summed E-state index contributed by atoms with van der Waals surface area (Å²) < 4.78 is 0. The van der Waals surface area contributed by atoms with Crippen molar-refractivity contribution in [3.8, 4) is 0 Å². The molecule has 0 aromatic carbocycles. The van der Waals surface area contributed by atoms with Gasteiger partial charge in [0.2, 0.25) is 0 Å². The number of aliphatic carboxylic acids is 1. The molecule has 1 atom stereocenters. The first-order valence-electron chi connectivity index (χ1n) is 5.58. The smallest absolute Gasteiger partial charge is 0.326 e. The molecule has 0 aromatic heterocycles. The van der Waals surface area contributed by atoms with E-state index in [1.54, 1.807) is 0 Å². The monoisotopic (exact) mass is 284 g/mol. The van der Waals surface area contributed by atoms with E-state index < -0.39 is 35.6 Å². The summed E-state index contributed by atoms with van der Waals surface area (Å²) in [6, 6.07) is -1.10. The van der Waals surface area contributed by atoms with E-state index in [0.717, 1.165) is 12.2 Å². The van der Waals surface area contributed by atoms with Crippen LogP contribution in [-0.2, 0) is 24.0 Å². The highest BCUT2D eigenvalue weighted by molar-refractivity contribution is 6.14. The van der Waals surface area contributed by atoms with Crippen LogP contribution in [0.2, 0.25) is 0 Å². The Labute approximate surface area is 113 Å². The first-order valence-corrected chi connectivity index (χ1v) is 5.58. The van der Waals surface area contributed by atoms with Gasteiger partial charge in [0.25, 0.3) is 23.6 Å². The molecule has 4 amide bonds. The molecular formula is C11H12N2O7. The zero-order valence-corrected chi connectivity index (χ0v) is 10.5. The van der Waals surface area contributed by atoms with Gasteiger partial charge in [-0.25, -0.2) is 4.79 Å². The van der Waals surface area contributed by atoms with Crippen molar-refractivity contribution < 1.29 is 34.3 Å². The lowest BCUT2D eigenvalue weighted by atomic mass is 10.3. The Bertz CT molecular complexity index is 477. The summed E-state index contributed by atoms with van der Waals surface area (Å²) in [5, 5.41) is 17.1. The third-order valence-corrected chi connectivity index (χ3v) is 2.61. The zero-order valence-electron chi connectivity index (χ0n) is 10.5. The van der Waals surface area contributed by atoms with Gasteiger partial charge in [-0.1, -0.05) is 0 Å². The van der Waals surface area contributed by atoms with Crippen molar-refractivity contribution in [2.24, 2.45) is 0 Å². The molecule has 2 N–H and O–H groups in total. The van der Waals surface area contributed by atoms with E-state index in [0.29, 0.717) is 4.90 Å². The standard InChI is InChI=1S/C7H7NO4.C4H5NO3/c1-4(7(11)12)8-5(9)2-3-6(8)10;6-3-1-2-4(7)5(3)8/h2-4H,1H3,(H,11,12);8H,1-2H2. The predicted octanol–water partition coefficient (Wildman–Crippen LogP) is -1.09. The van der Waals surface area contributed by atoms with Crippen molar-refractivity contribution in [2.75, 3.05) is 0 Å². The Morgan fingerprint density at radius 2 is 1.50 bits per heavy atom. The van der Waals surface area contributed by atoms with Crippen molar-refractivity contribution >= 4 is 29.6 Å². The molecule has 2 aliphatic rings. The molecule has 0 saturated carbocycles. The van der Waals surface area contributed by atoms with E-state index in [9.17, 15) is 24.0 Å². The molecule has 0 aromatic rings. The van der Waals surface area contributed by atoms with Gasteiger partial charge in [-0.05, 0) is 6.92 Å². The number of amides is 4. The molecule has 1 saturated heterocycles. The summed E-state index contributed by atoms with van der Waals surface area (Å²) in [5.74, 6) is -3.35. The normalized spacial score (nSPS) is 19.3. The fourth-order valence-corrected chi connectivity index (χ4v) is 1.47. The third kappa shape index (κ3) is 3.26. The number of hydrogen-bond donors (Lipinski definition) is 2. The molecule has 0 bridgehead atoms. The third-order valence-electron chi connectivity index (χ3n) is 2.61. The minimum Gasteiger partial charge on any atom is -0.480 e. The van der Waals surface area contributed by atoms with E-state index in [1.807, 2.05) is 0 Å². The maximum absolute atomic E-state index is 10.9. The average Bonchev–Trinajstić information content (AvgIpc) is 2.87. The van der Waals surface area contributed by atoms with Crippen LogP contribution in [0.25, 0.3) is 0 Å². The molecule has 1 fully saturated rings. The number of nitrogens with zero attached hydrogens (tertiary/aromatic N) is 2. The number of imide groups is 2. The van der Waals surface area contributed by atoms with E-state index >= 15 is 0 Å². The van der Waals surface area contributed by atoms with Gasteiger partial charge in [0.15, 0.2) is 0 Å². The largest absolute Gasteiger partial charge is 0.480 e. The number of carboxylic acid groups (broad SMARTS) is 1. The second-order valence-electron chi connectivity index (χ2n) is 3.99. The summed E-state index contributed by atoms with van der Waals surface area (Å²) >= 11 is 0. The zero-order chi connectivity index (χ0) is 15.4. The van der Waals surface area contributed by atoms with Gasteiger partial charge < -0.3 is 5.11 Å². The van der Waals surface area contributed by atoms with Gasteiger partial charge >= 0.3 is 5.97 Å². The minimum absolute atomic E-state index is 0.148. The van der Waals surface area contributed by atoms with Crippen molar-refractivity contribution in [3.05, 3.63) is 12.2 Å². The summed E-state index contributed by atoms with van der Waals surface area (Å²) in [5.41, 5.74) is 0. The van der Waals surface area contributed by atoms with E-state index in [2.05, 4.69) is 0 Å². The molecule has 0 spiro atoms. The highest BCUT2D eigenvalue weighted by atomic mass is 16.5. The van der Waals surface area contributed by atoms with Gasteiger partial charge in [0, 0.05) is 25.0 Å².